The molecule has 1 aromatic heterocycles. The number of benzene rings is 2. The van der Waals surface area contributed by atoms with Crippen LogP contribution < -0.4 is 10.0 Å². The summed E-state index contributed by atoms with van der Waals surface area (Å²) >= 11 is 1.50. The van der Waals surface area contributed by atoms with Crippen LogP contribution in [0.3, 0.4) is 0 Å². The van der Waals surface area contributed by atoms with E-state index in [-0.39, 0.29) is 18.0 Å². The maximum Gasteiger partial charge on any atom is 0.409 e. The van der Waals surface area contributed by atoms with E-state index in [1.54, 1.807) is 12.1 Å². The van der Waals surface area contributed by atoms with Crippen LogP contribution in [-0.4, -0.2) is 55.1 Å². The van der Waals surface area contributed by atoms with Crippen LogP contribution in [0.5, 0.6) is 0 Å². The van der Waals surface area contributed by atoms with Gasteiger partial charge in [0.25, 0.3) is 0 Å². The third kappa shape index (κ3) is 8.27. The van der Waals surface area contributed by atoms with Crippen molar-refractivity contribution in [3.63, 3.8) is 0 Å². The Morgan fingerprint density at radius 3 is 2.30 bits per heavy atom. The quantitative estimate of drug-likeness (QED) is 0.312. The first kappa shape index (κ1) is 28.1. The lowest BCUT2D eigenvalue weighted by Gasteiger charge is -2.28. The van der Waals surface area contributed by atoms with Gasteiger partial charge in [-0.05, 0) is 36.1 Å². The van der Waals surface area contributed by atoms with Crippen LogP contribution in [-0.2, 0) is 39.1 Å². The zero-order valence-electron chi connectivity index (χ0n) is 20.7. The smallest absolute Gasteiger partial charge is 0.409 e. The molecule has 12 heteroatoms. The Balaban J connectivity index is 1.86. The van der Waals surface area contributed by atoms with Crippen molar-refractivity contribution in [2.45, 2.75) is 38.3 Å². The van der Waals surface area contributed by atoms with E-state index in [2.05, 4.69) is 10.3 Å². The average molecular weight is 547 g/mol. The standard InChI is InChI=1S/C25H30N4O6S2/c1-4-23-26-21(16-36-23)20(14-18-10-12-19(13-11-18)28-37(32,33)34)27-24(30)22(29(2)25(31)35-3)15-17-8-6-5-7-9-17/h5-13,16,20,22,28H,4,14-15H2,1-3H3,(H,27,30)(H,32,33,34)/t20-,22-/m0/s1. The lowest BCUT2D eigenvalue weighted by atomic mass is 10.0. The Morgan fingerprint density at radius 2 is 1.73 bits per heavy atom. The van der Waals surface area contributed by atoms with Gasteiger partial charge in [-0.1, -0.05) is 49.4 Å². The van der Waals surface area contributed by atoms with E-state index in [1.165, 1.54) is 42.5 Å². The second kappa shape index (κ2) is 12.7. The Hall–Kier alpha value is -3.48. The zero-order valence-corrected chi connectivity index (χ0v) is 22.4. The van der Waals surface area contributed by atoms with Gasteiger partial charge in [0.1, 0.15) is 6.04 Å². The number of hydrogen-bond donors (Lipinski definition) is 3. The van der Waals surface area contributed by atoms with Crippen LogP contribution in [0.15, 0.2) is 60.0 Å². The summed E-state index contributed by atoms with van der Waals surface area (Å²) in [7, 11) is -1.60. The van der Waals surface area contributed by atoms with Crippen molar-refractivity contribution in [1.29, 1.82) is 0 Å². The summed E-state index contributed by atoms with van der Waals surface area (Å²) in [5.74, 6) is -0.363. The predicted molar refractivity (Wildman–Crippen MR) is 142 cm³/mol. The number of amides is 2. The second-order valence-electron chi connectivity index (χ2n) is 8.35. The van der Waals surface area contributed by atoms with Crippen LogP contribution in [0.1, 0.15) is 34.8 Å². The van der Waals surface area contributed by atoms with Crippen LogP contribution in [0, 0.1) is 0 Å². The van der Waals surface area contributed by atoms with Crippen molar-refractivity contribution >= 4 is 39.3 Å². The first-order valence-corrected chi connectivity index (χ1v) is 13.8. The number of aryl methyl sites for hydroxylation is 1. The molecule has 3 rings (SSSR count). The molecule has 0 aliphatic rings. The molecule has 0 fully saturated rings. The number of ether oxygens (including phenoxy) is 1. The molecule has 3 N–H and O–H groups in total. The number of likely N-dealkylation sites (N-methyl/N-ethyl adjacent to an activating group) is 1. The molecule has 10 nitrogen and oxygen atoms in total. The number of carbonyl (C=O) groups excluding carboxylic acids is 2. The topological polar surface area (TPSA) is 138 Å². The third-order valence-corrected chi connectivity index (χ3v) is 7.20. The van der Waals surface area contributed by atoms with Crippen LogP contribution >= 0.6 is 11.3 Å². The highest BCUT2D eigenvalue weighted by Gasteiger charge is 2.30. The number of nitrogens with zero attached hydrogens (tertiary/aromatic N) is 2. The number of methoxy groups -OCH3 is 1. The number of thiazole rings is 1. The number of carbonyl (C=O) groups is 2. The Labute approximate surface area is 220 Å². The van der Waals surface area contributed by atoms with E-state index in [0.717, 1.165) is 22.6 Å². The molecule has 37 heavy (non-hydrogen) atoms. The average Bonchev–Trinajstić information content (AvgIpc) is 3.36. The van der Waals surface area contributed by atoms with Crippen LogP contribution in [0.2, 0.25) is 0 Å². The van der Waals surface area contributed by atoms with Gasteiger partial charge in [0.15, 0.2) is 0 Å². The normalized spacial score (nSPS) is 12.9. The van der Waals surface area contributed by atoms with Crippen molar-refractivity contribution in [3.8, 4) is 0 Å². The van der Waals surface area contributed by atoms with Gasteiger partial charge in [0, 0.05) is 18.8 Å². The number of aromatic nitrogens is 1. The predicted octanol–water partition coefficient (Wildman–Crippen LogP) is 3.63. The highest BCUT2D eigenvalue weighted by molar-refractivity contribution is 7.87. The Morgan fingerprint density at radius 1 is 1.08 bits per heavy atom. The van der Waals surface area contributed by atoms with E-state index < -0.39 is 28.5 Å². The first-order valence-electron chi connectivity index (χ1n) is 11.5. The van der Waals surface area contributed by atoms with Crippen molar-refractivity contribution in [1.82, 2.24) is 15.2 Å². The van der Waals surface area contributed by atoms with E-state index in [1.807, 2.05) is 47.4 Å². The first-order chi connectivity index (χ1) is 17.6. The van der Waals surface area contributed by atoms with Gasteiger partial charge in [0.2, 0.25) is 5.91 Å². The summed E-state index contributed by atoms with van der Waals surface area (Å²) in [5, 5.41) is 5.88. The summed E-state index contributed by atoms with van der Waals surface area (Å²) in [5.41, 5.74) is 2.59. The molecule has 2 amide bonds. The number of nitrogens with one attached hydrogen (secondary N) is 2. The Bertz CT molecular complexity index is 1300. The highest BCUT2D eigenvalue weighted by atomic mass is 32.2. The van der Waals surface area contributed by atoms with Crippen molar-refractivity contribution < 1.29 is 27.3 Å². The molecule has 0 radical (unpaired) electrons. The van der Waals surface area contributed by atoms with E-state index >= 15 is 0 Å². The van der Waals surface area contributed by atoms with Gasteiger partial charge in [-0.15, -0.1) is 11.3 Å². The molecular formula is C25H30N4O6S2. The van der Waals surface area contributed by atoms with Crippen LogP contribution in [0.25, 0.3) is 0 Å². The molecular weight excluding hydrogens is 516 g/mol. The second-order valence-corrected chi connectivity index (χ2v) is 10.4. The van der Waals surface area contributed by atoms with Crippen molar-refractivity contribution in [3.05, 3.63) is 81.8 Å². The fraction of sp³-hybridized carbons (Fsp3) is 0.320. The summed E-state index contributed by atoms with van der Waals surface area (Å²) in [6.07, 6.45) is 0.781. The number of rotatable bonds is 11. The summed E-state index contributed by atoms with van der Waals surface area (Å²) in [6, 6.07) is 14.5. The molecule has 0 saturated heterocycles. The largest absolute Gasteiger partial charge is 0.453 e. The highest BCUT2D eigenvalue weighted by Crippen LogP contribution is 2.23. The monoisotopic (exact) mass is 546 g/mol. The van der Waals surface area contributed by atoms with Crippen molar-refractivity contribution in [2.75, 3.05) is 18.9 Å². The number of anilines is 1. The molecule has 198 valence electrons. The summed E-state index contributed by atoms with van der Waals surface area (Å²) in [6.45, 7) is 2.00. The molecule has 0 aliphatic heterocycles. The van der Waals surface area contributed by atoms with Gasteiger partial charge in [-0.2, -0.15) is 8.42 Å². The minimum absolute atomic E-state index is 0.205. The lowest BCUT2D eigenvalue weighted by Crippen LogP contribution is -2.50. The fourth-order valence-electron chi connectivity index (χ4n) is 3.75. The van der Waals surface area contributed by atoms with Crippen LogP contribution in [0.4, 0.5) is 10.5 Å². The molecule has 0 aliphatic carbocycles. The van der Waals surface area contributed by atoms with Gasteiger partial charge in [0.05, 0.1) is 29.5 Å². The molecule has 3 aromatic rings. The molecule has 0 spiro atoms. The third-order valence-electron chi connectivity index (χ3n) is 5.69. The van der Waals surface area contributed by atoms with Gasteiger partial charge < -0.3 is 10.1 Å². The molecule has 0 saturated carbocycles. The molecule has 2 aromatic carbocycles. The van der Waals surface area contributed by atoms with Gasteiger partial charge in [-0.3, -0.25) is 19.0 Å². The van der Waals surface area contributed by atoms with Gasteiger partial charge in [-0.25, -0.2) is 9.78 Å². The Kier molecular flexibility index (Phi) is 9.61. The molecule has 0 bridgehead atoms. The van der Waals surface area contributed by atoms with E-state index in [4.69, 9.17) is 9.29 Å². The maximum absolute atomic E-state index is 13.6. The summed E-state index contributed by atoms with van der Waals surface area (Å²) < 4.78 is 38.0. The lowest BCUT2D eigenvalue weighted by molar-refractivity contribution is -0.126. The van der Waals surface area contributed by atoms with E-state index in [9.17, 15) is 18.0 Å². The summed E-state index contributed by atoms with van der Waals surface area (Å²) in [4.78, 5) is 31.8. The molecule has 2 atom stereocenters. The van der Waals surface area contributed by atoms with Crippen molar-refractivity contribution in [2.24, 2.45) is 0 Å². The molecule has 1 heterocycles. The maximum atomic E-state index is 13.6. The van der Waals surface area contributed by atoms with Gasteiger partial charge >= 0.3 is 16.4 Å². The minimum Gasteiger partial charge on any atom is -0.453 e. The fourth-order valence-corrected chi connectivity index (χ4v) is 4.99. The molecule has 0 unspecified atom stereocenters. The number of hydrogen-bond acceptors (Lipinski definition) is 7. The van der Waals surface area contributed by atoms with E-state index in [0.29, 0.717) is 12.1 Å². The SMILES string of the molecule is CCc1nc([C@H](Cc2ccc(NS(=O)(=O)O)cc2)NC(=O)[C@H](Cc2ccccc2)N(C)C(=O)OC)cs1. The minimum atomic E-state index is -4.38. The zero-order chi connectivity index (χ0) is 27.0.